The molecule has 2 heterocycles. The number of halogens is 1. The molecule has 1 saturated heterocycles. The van der Waals surface area contributed by atoms with E-state index >= 15 is 0 Å². The number of aromatic nitrogens is 2. The van der Waals surface area contributed by atoms with Gasteiger partial charge >= 0.3 is 0 Å². The maximum Gasteiger partial charge on any atom is 0.125 e. The van der Waals surface area contributed by atoms with Crippen LogP contribution >= 0.6 is 0 Å². The van der Waals surface area contributed by atoms with Crippen molar-refractivity contribution in [1.29, 1.82) is 0 Å². The van der Waals surface area contributed by atoms with Crippen molar-refractivity contribution in [3.8, 4) is 0 Å². The van der Waals surface area contributed by atoms with Gasteiger partial charge in [0.1, 0.15) is 11.6 Å². The van der Waals surface area contributed by atoms with Gasteiger partial charge < -0.3 is 15.0 Å². The molecule has 0 aliphatic carbocycles. The lowest BCUT2D eigenvalue weighted by Gasteiger charge is -2.06. The number of benzene rings is 1. The number of nitrogens with zero attached hydrogens (tertiary/aromatic N) is 1. The number of hydrogen-bond acceptors (Lipinski definition) is 3. The lowest BCUT2D eigenvalue weighted by Crippen LogP contribution is -2.16. The Labute approximate surface area is 98.2 Å². The van der Waals surface area contributed by atoms with Crippen molar-refractivity contribution in [1.82, 2.24) is 15.3 Å². The van der Waals surface area contributed by atoms with Crippen molar-refractivity contribution in [3.63, 3.8) is 0 Å². The highest BCUT2D eigenvalue weighted by Gasteiger charge is 2.27. The lowest BCUT2D eigenvalue weighted by molar-refractivity contribution is 0.117. The molecule has 3 rings (SSSR count). The van der Waals surface area contributed by atoms with Crippen molar-refractivity contribution in [3.05, 3.63) is 29.8 Å². The van der Waals surface area contributed by atoms with E-state index in [1.165, 1.54) is 12.1 Å². The van der Waals surface area contributed by atoms with E-state index in [0.717, 1.165) is 29.8 Å². The molecule has 2 atom stereocenters. The molecule has 4 nitrogen and oxygen atoms in total. The highest BCUT2D eigenvalue weighted by Crippen LogP contribution is 2.24. The zero-order valence-electron chi connectivity index (χ0n) is 9.53. The molecule has 1 fully saturated rings. The predicted octanol–water partition coefficient (Wildman–Crippen LogP) is 1.75. The molecule has 5 heteroatoms. The fourth-order valence-corrected chi connectivity index (χ4v) is 2.26. The molecule has 1 aromatic heterocycles. The number of methoxy groups -OCH3 is 1. The van der Waals surface area contributed by atoms with Crippen molar-refractivity contribution in [2.45, 2.75) is 18.6 Å². The molecule has 0 saturated carbocycles. The summed E-state index contributed by atoms with van der Waals surface area (Å²) in [6, 6.07) is 4.74. The molecule has 1 aliphatic heterocycles. The number of imidazole rings is 1. The Bertz CT molecular complexity index is 540. The lowest BCUT2D eigenvalue weighted by atomic mass is 10.2. The molecule has 2 aromatic rings. The number of aromatic amines is 1. The summed E-state index contributed by atoms with van der Waals surface area (Å²) in [7, 11) is 1.71. The topological polar surface area (TPSA) is 49.9 Å². The molecular weight excluding hydrogens is 221 g/mol. The third-order valence-corrected chi connectivity index (χ3v) is 3.22. The number of hydrogen-bond donors (Lipinski definition) is 2. The van der Waals surface area contributed by atoms with Crippen LogP contribution in [0.4, 0.5) is 4.39 Å². The van der Waals surface area contributed by atoms with Gasteiger partial charge in [0, 0.05) is 13.7 Å². The van der Waals surface area contributed by atoms with Gasteiger partial charge in [0.15, 0.2) is 0 Å². The van der Waals surface area contributed by atoms with E-state index in [1.54, 1.807) is 13.2 Å². The van der Waals surface area contributed by atoms with Crippen LogP contribution in [0.15, 0.2) is 18.2 Å². The van der Waals surface area contributed by atoms with Gasteiger partial charge in [-0.25, -0.2) is 9.37 Å². The molecular formula is C12H14FN3O. The van der Waals surface area contributed by atoms with Crippen molar-refractivity contribution < 1.29 is 9.13 Å². The Morgan fingerprint density at radius 2 is 2.35 bits per heavy atom. The van der Waals surface area contributed by atoms with E-state index in [9.17, 15) is 4.39 Å². The number of ether oxygens (including phenoxy) is 1. The van der Waals surface area contributed by atoms with Gasteiger partial charge in [0.25, 0.3) is 0 Å². The molecule has 0 bridgehead atoms. The largest absolute Gasteiger partial charge is 0.380 e. The number of nitrogens with one attached hydrogen (secondary N) is 2. The molecule has 0 spiro atoms. The summed E-state index contributed by atoms with van der Waals surface area (Å²) >= 11 is 0. The first-order valence-corrected chi connectivity index (χ1v) is 5.67. The predicted molar refractivity (Wildman–Crippen MR) is 62.2 cm³/mol. The second-order valence-corrected chi connectivity index (χ2v) is 4.34. The standard InChI is InChI=1S/C12H14FN3O/c1-17-8-5-11(14-6-8)12-15-9-3-2-7(13)4-10(9)16-12/h2-4,8,11,14H,5-6H2,1H3,(H,15,16). The monoisotopic (exact) mass is 235 g/mol. The Morgan fingerprint density at radius 1 is 1.47 bits per heavy atom. The minimum absolute atomic E-state index is 0.162. The van der Waals surface area contributed by atoms with Crippen LogP contribution in [0, 0.1) is 5.82 Å². The van der Waals surface area contributed by atoms with E-state index in [0.29, 0.717) is 0 Å². The van der Waals surface area contributed by atoms with Crippen molar-refractivity contribution in [2.75, 3.05) is 13.7 Å². The average molecular weight is 235 g/mol. The van der Waals surface area contributed by atoms with E-state index in [-0.39, 0.29) is 18.0 Å². The summed E-state index contributed by atoms with van der Waals surface area (Å²) in [5.74, 6) is 0.604. The van der Waals surface area contributed by atoms with E-state index in [1.807, 2.05) is 0 Å². The van der Waals surface area contributed by atoms with Gasteiger partial charge in [-0.3, -0.25) is 0 Å². The molecule has 0 radical (unpaired) electrons. The summed E-state index contributed by atoms with van der Waals surface area (Å²) in [5.41, 5.74) is 1.53. The average Bonchev–Trinajstić information content (AvgIpc) is 2.93. The van der Waals surface area contributed by atoms with Crippen LogP contribution in [0.5, 0.6) is 0 Å². The van der Waals surface area contributed by atoms with Crippen LogP contribution in [0.1, 0.15) is 18.3 Å². The highest BCUT2D eigenvalue weighted by molar-refractivity contribution is 5.75. The summed E-state index contributed by atoms with van der Waals surface area (Å²) in [6.07, 6.45) is 1.11. The molecule has 2 unspecified atom stereocenters. The van der Waals surface area contributed by atoms with Gasteiger partial charge in [-0.2, -0.15) is 0 Å². The van der Waals surface area contributed by atoms with Crippen LogP contribution in [0.3, 0.4) is 0 Å². The Morgan fingerprint density at radius 3 is 3.12 bits per heavy atom. The zero-order valence-corrected chi connectivity index (χ0v) is 9.53. The van der Waals surface area contributed by atoms with Crippen LogP contribution in [0.2, 0.25) is 0 Å². The smallest absolute Gasteiger partial charge is 0.125 e. The summed E-state index contributed by atoms with van der Waals surface area (Å²) in [5, 5.41) is 3.34. The number of H-pyrrole nitrogens is 1. The van der Waals surface area contributed by atoms with Gasteiger partial charge in [-0.1, -0.05) is 0 Å². The quantitative estimate of drug-likeness (QED) is 0.833. The number of rotatable bonds is 2. The van der Waals surface area contributed by atoms with Crippen molar-refractivity contribution >= 4 is 11.0 Å². The normalized spacial score (nSPS) is 24.6. The number of fused-ring (bicyclic) bond motifs is 1. The third-order valence-electron chi connectivity index (χ3n) is 3.22. The second kappa shape index (κ2) is 4.09. The van der Waals surface area contributed by atoms with Crippen LogP contribution in [-0.4, -0.2) is 29.7 Å². The fraction of sp³-hybridized carbons (Fsp3) is 0.417. The highest BCUT2D eigenvalue weighted by atomic mass is 19.1. The minimum Gasteiger partial charge on any atom is -0.380 e. The van der Waals surface area contributed by atoms with Crippen molar-refractivity contribution in [2.24, 2.45) is 0 Å². The van der Waals surface area contributed by atoms with Gasteiger partial charge in [-0.05, 0) is 24.6 Å². The first kappa shape index (κ1) is 10.7. The fourth-order valence-electron chi connectivity index (χ4n) is 2.26. The summed E-state index contributed by atoms with van der Waals surface area (Å²) < 4.78 is 18.3. The Balaban J connectivity index is 1.91. The maximum absolute atomic E-state index is 13.1. The molecule has 0 amide bonds. The summed E-state index contributed by atoms with van der Waals surface area (Å²) in [4.78, 5) is 7.62. The van der Waals surface area contributed by atoms with Crippen LogP contribution in [-0.2, 0) is 4.74 Å². The summed E-state index contributed by atoms with van der Waals surface area (Å²) in [6.45, 7) is 0.826. The SMILES string of the molecule is COC1CNC(c2nc3ccc(F)cc3[nH]2)C1. The molecule has 17 heavy (non-hydrogen) atoms. The maximum atomic E-state index is 13.1. The molecule has 1 aromatic carbocycles. The second-order valence-electron chi connectivity index (χ2n) is 4.34. The Kier molecular flexibility index (Phi) is 2.57. The van der Waals surface area contributed by atoms with Crippen LogP contribution in [0.25, 0.3) is 11.0 Å². The van der Waals surface area contributed by atoms with Gasteiger partial charge in [0.05, 0.1) is 23.2 Å². The van der Waals surface area contributed by atoms with Crippen LogP contribution < -0.4 is 5.32 Å². The third kappa shape index (κ3) is 1.92. The van der Waals surface area contributed by atoms with E-state index < -0.39 is 0 Å². The first-order valence-electron chi connectivity index (χ1n) is 5.67. The molecule has 2 N–H and O–H groups in total. The zero-order chi connectivity index (χ0) is 11.8. The van der Waals surface area contributed by atoms with E-state index in [2.05, 4.69) is 15.3 Å². The van der Waals surface area contributed by atoms with Gasteiger partial charge in [0.2, 0.25) is 0 Å². The van der Waals surface area contributed by atoms with Gasteiger partial charge in [-0.15, -0.1) is 0 Å². The molecule has 1 aliphatic rings. The first-order chi connectivity index (χ1) is 8.26. The Hall–Kier alpha value is -1.46. The van der Waals surface area contributed by atoms with E-state index in [4.69, 9.17) is 4.74 Å². The minimum atomic E-state index is -0.248. The molecule has 90 valence electrons.